The summed E-state index contributed by atoms with van der Waals surface area (Å²) >= 11 is 0. The van der Waals surface area contributed by atoms with Gasteiger partial charge in [-0.25, -0.2) is 0 Å². The lowest BCUT2D eigenvalue weighted by molar-refractivity contribution is 0.278. The number of unbranched alkanes of at least 4 members (excludes halogenated alkanes) is 2. The molecule has 0 aromatic carbocycles. The van der Waals surface area contributed by atoms with Crippen molar-refractivity contribution in [2.24, 2.45) is 0 Å². The van der Waals surface area contributed by atoms with Crippen LogP contribution in [0.4, 0.5) is 0 Å². The zero-order chi connectivity index (χ0) is 14.4. The van der Waals surface area contributed by atoms with Gasteiger partial charge in [-0.05, 0) is 49.0 Å². The van der Waals surface area contributed by atoms with Crippen molar-refractivity contribution in [3.05, 3.63) is 30.1 Å². The molecule has 1 aromatic rings. The van der Waals surface area contributed by atoms with Crippen molar-refractivity contribution >= 4 is 8.32 Å². The quantitative estimate of drug-likeness (QED) is 0.527. The van der Waals surface area contributed by atoms with Gasteiger partial charge in [-0.1, -0.05) is 33.3 Å². The molecule has 1 heterocycles. The smallest absolute Gasteiger partial charge is 0.191 e. The van der Waals surface area contributed by atoms with Crippen molar-refractivity contribution in [1.29, 1.82) is 0 Å². The van der Waals surface area contributed by atoms with Gasteiger partial charge in [-0.2, -0.15) is 0 Å². The Labute approximate surface area is 119 Å². The molecule has 0 aliphatic rings. The molecule has 0 fully saturated rings. The highest BCUT2D eigenvalue weighted by atomic mass is 28.4. The molecule has 1 rings (SSSR count). The summed E-state index contributed by atoms with van der Waals surface area (Å²) in [5.41, 5.74) is 1.34. The van der Waals surface area contributed by atoms with Gasteiger partial charge in [0.15, 0.2) is 8.32 Å². The van der Waals surface area contributed by atoms with Crippen LogP contribution in [0.5, 0.6) is 0 Å². The van der Waals surface area contributed by atoms with Gasteiger partial charge in [-0.3, -0.25) is 4.98 Å². The summed E-state index contributed by atoms with van der Waals surface area (Å²) in [5.74, 6) is 0. The van der Waals surface area contributed by atoms with Gasteiger partial charge in [0.05, 0.1) is 0 Å². The van der Waals surface area contributed by atoms with E-state index in [-0.39, 0.29) is 0 Å². The molecular weight excluding hydrogens is 250 g/mol. The van der Waals surface area contributed by atoms with Crippen molar-refractivity contribution in [3.8, 4) is 0 Å². The summed E-state index contributed by atoms with van der Waals surface area (Å²) in [7, 11) is -1.54. The standard InChI is InChI=1S/C16H29NOSi/c1-16(2,3)19(4,5)18-13-8-6-7-10-15-11-9-12-17-14-15/h9,11-12,14H,6-8,10,13H2,1-5H3. The van der Waals surface area contributed by atoms with E-state index in [2.05, 4.69) is 44.9 Å². The first kappa shape index (κ1) is 16.4. The maximum absolute atomic E-state index is 6.17. The first-order valence-corrected chi connectivity index (χ1v) is 10.3. The molecule has 0 aliphatic heterocycles. The number of aryl methyl sites for hydroxylation is 1. The highest BCUT2D eigenvalue weighted by molar-refractivity contribution is 6.74. The molecular formula is C16H29NOSi. The highest BCUT2D eigenvalue weighted by Gasteiger charge is 2.36. The Balaban J connectivity index is 2.12. The van der Waals surface area contributed by atoms with E-state index in [1.54, 1.807) is 0 Å². The summed E-state index contributed by atoms with van der Waals surface area (Å²) in [6, 6.07) is 4.16. The first-order chi connectivity index (χ1) is 8.83. The minimum Gasteiger partial charge on any atom is -0.417 e. The van der Waals surface area contributed by atoms with Gasteiger partial charge in [0, 0.05) is 19.0 Å². The number of aromatic nitrogens is 1. The molecule has 2 nitrogen and oxygen atoms in total. The highest BCUT2D eigenvalue weighted by Crippen LogP contribution is 2.36. The topological polar surface area (TPSA) is 22.1 Å². The van der Waals surface area contributed by atoms with Crippen LogP contribution in [0.25, 0.3) is 0 Å². The third kappa shape index (κ3) is 5.87. The molecule has 0 radical (unpaired) electrons. The first-order valence-electron chi connectivity index (χ1n) is 7.36. The lowest BCUT2D eigenvalue weighted by Gasteiger charge is -2.36. The minimum absolute atomic E-state index is 0.322. The lowest BCUT2D eigenvalue weighted by atomic mass is 10.1. The van der Waals surface area contributed by atoms with Gasteiger partial charge in [0.25, 0.3) is 0 Å². The molecule has 0 spiro atoms. The molecule has 3 heteroatoms. The summed E-state index contributed by atoms with van der Waals surface area (Å²) in [6.07, 6.45) is 8.57. The molecule has 0 atom stereocenters. The average Bonchev–Trinajstić information content (AvgIpc) is 2.33. The molecule has 0 saturated carbocycles. The molecule has 108 valence electrons. The van der Waals surface area contributed by atoms with E-state index < -0.39 is 8.32 Å². The Morgan fingerprint density at radius 2 is 1.89 bits per heavy atom. The average molecular weight is 279 g/mol. The SMILES string of the molecule is CC(C)(C)[Si](C)(C)OCCCCCc1cccnc1. The fraction of sp³-hybridized carbons (Fsp3) is 0.688. The van der Waals surface area contributed by atoms with E-state index >= 15 is 0 Å². The molecule has 0 amide bonds. The number of rotatable bonds is 7. The third-order valence-electron chi connectivity index (χ3n) is 4.10. The van der Waals surface area contributed by atoms with Gasteiger partial charge in [0.2, 0.25) is 0 Å². The summed E-state index contributed by atoms with van der Waals surface area (Å²) < 4.78 is 6.17. The summed E-state index contributed by atoms with van der Waals surface area (Å²) in [6.45, 7) is 12.4. The second-order valence-corrected chi connectivity index (χ2v) is 11.6. The summed E-state index contributed by atoms with van der Waals surface area (Å²) in [5, 5.41) is 0.322. The van der Waals surface area contributed by atoms with Gasteiger partial charge in [-0.15, -0.1) is 0 Å². The van der Waals surface area contributed by atoms with Crippen LogP contribution in [-0.2, 0) is 10.8 Å². The van der Waals surface area contributed by atoms with Gasteiger partial charge >= 0.3 is 0 Å². The number of hydrogen-bond donors (Lipinski definition) is 0. The predicted molar refractivity (Wildman–Crippen MR) is 84.9 cm³/mol. The van der Waals surface area contributed by atoms with E-state index in [1.807, 2.05) is 18.5 Å². The minimum atomic E-state index is -1.54. The van der Waals surface area contributed by atoms with Crippen LogP contribution >= 0.6 is 0 Å². The molecule has 0 bridgehead atoms. The van der Waals surface area contributed by atoms with Crippen LogP contribution in [0.2, 0.25) is 18.1 Å². The third-order valence-corrected chi connectivity index (χ3v) is 8.64. The monoisotopic (exact) mass is 279 g/mol. The fourth-order valence-corrected chi connectivity index (χ4v) is 2.79. The van der Waals surface area contributed by atoms with E-state index in [0.29, 0.717) is 5.04 Å². The summed E-state index contributed by atoms with van der Waals surface area (Å²) in [4.78, 5) is 4.14. The van der Waals surface area contributed by atoms with E-state index in [1.165, 1.54) is 24.8 Å². The normalized spacial score (nSPS) is 12.7. The van der Waals surface area contributed by atoms with Gasteiger partial charge in [0.1, 0.15) is 0 Å². The van der Waals surface area contributed by atoms with Crippen LogP contribution in [-0.4, -0.2) is 19.9 Å². The van der Waals surface area contributed by atoms with Crippen molar-refractivity contribution in [2.45, 2.75) is 64.6 Å². The molecule has 19 heavy (non-hydrogen) atoms. The van der Waals surface area contributed by atoms with Crippen LogP contribution in [0, 0.1) is 0 Å². The Morgan fingerprint density at radius 3 is 2.47 bits per heavy atom. The fourth-order valence-electron chi connectivity index (χ4n) is 1.70. The number of hydrogen-bond acceptors (Lipinski definition) is 2. The van der Waals surface area contributed by atoms with E-state index in [9.17, 15) is 0 Å². The lowest BCUT2D eigenvalue weighted by Crippen LogP contribution is -2.40. The zero-order valence-corrected chi connectivity index (χ0v) is 14.2. The maximum Gasteiger partial charge on any atom is 0.191 e. The number of pyridine rings is 1. The Hall–Kier alpha value is -0.673. The predicted octanol–water partition coefficient (Wildman–Crippen LogP) is 4.82. The number of nitrogens with zero attached hydrogens (tertiary/aromatic N) is 1. The molecule has 0 N–H and O–H groups in total. The van der Waals surface area contributed by atoms with Crippen LogP contribution < -0.4 is 0 Å². The maximum atomic E-state index is 6.17. The zero-order valence-electron chi connectivity index (χ0n) is 13.2. The molecule has 0 saturated heterocycles. The second-order valence-electron chi connectivity index (χ2n) is 6.78. The van der Waals surface area contributed by atoms with Crippen molar-refractivity contribution in [2.75, 3.05) is 6.61 Å². The Morgan fingerprint density at radius 1 is 1.16 bits per heavy atom. The van der Waals surface area contributed by atoms with Crippen LogP contribution in [0.1, 0.15) is 45.6 Å². The molecule has 0 aliphatic carbocycles. The van der Waals surface area contributed by atoms with Crippen molar-refractivity contribution < 1.29 is 4.43 Å². The van der Waals surface area contributed by atoms with Crippen molar-refractivity contribution in [1.82, 2.24) is 4.98 Å². The van der Waals surface area contributed by atoms with E-state index in [0.717, 1.165) is 13.0 Å². The molecule has 1 aromatic heterocycles. The largest absolute Gasteiger partial charge is 0.417 e. The van der Waals surface area contributed by atoms with E-state index in [4.69, 9.17) is 4.43 Å². The van der Waals surface area contributed by atoms with Gasteiger partial charge < -0.3 is 4.43 Å². The Kier molecular flexibility index (Phi) is 6.21. The Bertz CT molecular complexity index is 357. The van der Waals surface area contributed by atoms with Crippen LogP contribution in [0.15, 0.2) is 24.5 Å². The van der Waals surface area contributed by atoms with Crippen molar-refractivity contribution in [3.63, 3.8) is 0 Å². The van der Waals surface area contributed by atoms with Crippen LogP contribution in [0.3, 0.4) is 0 Å². The second kappa shape index (κ2) is 7.20. The molecule has 0 unspecified atom stereocenters.